The molecule has 2 nitrogen and oxygen atoms in total. The van der Waals surface area contributed by atoms with E-state index in [0.717, 1.165) is 18.4 Å². The molecule has 0 N–H and O–H groups in total. The Morgan fingerprint density at radius 2 is 1.74 bits per heavy atom. The van der Waals surface area contributed by atoms with E-state index in [-0.39, 0.29) is 5.97 Å². The first-order valence-corrected chi connectivity index (χ1v) is 10.2. The molecule has 0 fully saturated rings. The van der Waals surface area contributed by atoms with Crippen LogP contribution in [0.5, 0.6) is 0 Å². The third-order valence-electron chi connectivity index (χ3n) is 3.52. The van der Waals surface area contributed by atoms with Crippen molar-refractivity contribution in [3.05, 3.63) is 46.7 Å². The van der Waals surface area contributed by atoms with E-state index in [1.54, 1.807) is 0 Å². The molecular weight excluding hydrogens is 252 g/mol. The highest BCUT2D eigenvalue weighted by Gasteiger charge is 2.23. The Morgan fingerprint density at radius 3 is 2.21 bits per heavy atom. The molecule has 0 aliphatic heterocycles. The number of benzene rings is 1. The summed E-state index contributed by atoms with van der Waals surface area (Å²) in [6.45, 7) is 8.86. The number of ether oxygens (including phenoxy) is 1. The molecule has 0 aliphatic carbocycles. The summed E-state index contributed by atoms with van der Waals surface area (Å²) in [4.78, 5) is 12.0. The number of hydrogen-bond acceptors (Lipinski definition) is 2. The first-order valence-electron chi connectivity index (χ1n) is 6.68. The van der Waals surface area contributed by atoms with Crippen molar-refractivity contribution < 1.29 is 9.53 Å². The van der Waals surface area contributed by atoms with Gasteiger partial charge in [0.25, 0.3) is 0 Å². The van der Waals surface area contributed by atoms with Crippen molar-refractivity contribution in [3.8, 4) is 0 Å². The summed E-state index contributed by atoms with van der Waals surface area (Å²) in [5.41, 5.74) is 2.12. The Morgan fingerprint density at radius 1 is 1.16 bits per heavy atom. The van der Waals surface area contributed by atoms with Gasteiger partial charge in [0.1, 0.15) is 0 Å². The van der Waals surface area contributed by atoms with Crippen LogP contribution in [0.2, 0.25) is 19.6 Å². The third kappa shape index (κ3) is 4.67. The highest BCUT2D eigenvalue weighted by atomic mass is 28.3. The molecule has 0 aromatic heterocycles. The molecule has 0 bridgehead atoms. The second-order valence-electron chi connectivity index (χ2n) is 5.83. The third-order valence-corrected chi connectivity index (χ3v) is 6.07. The molecule has 3 heteroatoms. The molecule has 1 aromatic rings. The Kier molecular flexibility index (Phi) is 5.55. The summed E-state index contributed by atoms with van der Waals surface area (Å²) in [6, 6.07) is 10.3. The predicted octanol–water partition coefficient (Wildman–Crippen LogP) is 3.99. The minimum Gasteiger partial charge on any atom is -0.466 e. The van der Waals surface area contributed by atoms with Crippen LogP contribution in [0.4, 0.5) is 0 Å². The van der Waals surface area contributed by atoms with Crippen molar-refractivity contribution >= 4 is 14.0 Å². The van der Waals surface area contributed by atoms with Gasteiger partial charge in [0.2, 0.25) is 0 Å². The van der Waals surface area contributed by atoms with Gasteiger partial charge in [-0.2, -0.15) is 0 Å². The van der Waals surface area contributed by atoms with Crippen LogP contribution >= 0.6 is 0 Å². The monoisotopic (exact) mass is 276 g/mol. The summed E-state index contributed by atoms with van der Waals surface area (Å²) in [5.74, 6) is -0.171. The first kappa shape index (κ1) is 15.7. The molecule has 0 saturated carbocycles. The molecule has 0 amide bonds. The Bertz CT molecular complexity index is 455. The number of hydrogen-bond donors (Lipinski definition) is 0. The standard InChI is InChI=1S/C16H24O2Si/c1-13(19(3,4)5)15(16(17)18-2)12-11-14-9-7-6-8-10-14/h6-10H,11-12H2,1-5H3/b15-13+. The van der Waals surface area contributed by atoms with Crippen LogP contribution in [0, 0.1) is 0 Å². The Hall–Kier alpha value is -1.35. The zero-order chi connectivity index (χ0) is 14.5. The average molecular weight is 276 g/mol. The second kappa shape index (κ2) is 6.71. The summed E-state index contributed by atoms with van der Waals surface area (Å²) >= 11 is 0. The van der Waals surface area contributed by atoms with Crippen LogP contribution in [0.1, 0.15) is 18.9 Å². The molecule has 0 spiro atoms. The zero-order valence-corrected chi connectivity index (χ0v) is 13.6. The zero-order valence-electron chi connectivity index (χ0n) is 12.6. The maximum Gasteiger partial charge on any atom is 0.333 e. The molecule has 0 atom stereocenters. The van der Waals surface area contributed by atoms with Gasteiger partial charge < -0.3 is 4.74 Å². The number of rotatable bonds is 5. The van der Waals surface area contributed by atoms with E-state index in [4.69, 9.17) is 4.74 Å². The van der Waals surface area contributed by atoms with Crippen LogP contribution in [-0.2, 0) is 16.0 Å². The summed E-state index contributed by atoms with van der Waals surface area (Å²) in [6.07, 6.45) is 1.64. The predicted molar refractivity (Wildman–Crippen MR) is 82.8 cm³/mol. The SMILES string of the molecule is COC(=O)/C(CCc1ccccc1)=C(\C)[Si](C)(C)C. The molecular formula is C16H24O2Si. The van der Waals surface area contributed by atoms with E-state index < -0.39 is 8.07 Å². The minimum atomic E-state index is -1.46. The largest absolute Gasteiger partial charge is 0.466 e. The van der Waals surface area contributed by atoms with Crippen molar-refractivity contribution in [3.63, 3.8) is 0 Å². The average Bonchev–Trinajstić information content (AvgIpc) is 2.38. The Labute approximate surface area is 117 Å². The van der Waals surface area contributed by atoms with Crippen LogP contribution < -0.4 is 0 Å². The number of methoxy groups -OCH3 is 1. The fourth-order valence-electron chi connectivity index (χ4n) is 1.93. The molecule has 0 unspecified atom stereocenters. The molecule has 0 radical (unpaired) electrons. The first-order chi connectivity index (χ1) is 8.86. The van der Waals surface area contributed by atoms with E-state index in [0.29, 0.717) is 0 Å². The molecule has 0 saturated heterocycles. The molecule has 19 heavy (non-hydrogen) atoms. The molecule has 0 aliphatic rings. The minimum absolute atomic E-state index is 0.171. The highest BCUT2D eigenvalue weighted by molar-refractivity contribution is 6.83. The van der Waals surface area contributed by atoms with Crippen LogP contribution in [0.3, 0.4) is 0 Å². The van der Waals surface area contributed by atoms with Gasteiger partial charge in [0, 0.05) is 5.57 Å². The van der Waals surface area contributed by atoms with E-state index in [1.807, 2.05) is 18.2 Å². The lowest BCUT2D eigenvalue weighted by molar-refractivity contribution is -0.136. The van der Waals surface area contributed by atoms with Crippen molar-refractivity contribution in [2.45, 2.75) is 39.4 Å². The van der Waals surface area contributed by atoms with Gasteiger partial charge in [-0.05, 0) is 25.3 Å². The van der Waals surface area contributed by atoms with E-state index in [9.17, 15) is 4.79 Å². The van der Waals surface area contributed by atoms with Crippen molar-refractivity contribution in [2.24, 2.45) is 0 Å². The highest BCUT2D eigenvalue weighted by Crippen LogP contribution is 2.22. The summed E-state index contributed by atoms with van der Waals surface area (Å²) < 4.78 is 4.94. The van der Waals surface area contributed by atoms with E-state index in [2.05, 4.69) is 38.7 Å². The Balaban J connectivity index is 2.92. The van der Waals surface area contributed by atoms with Gasteiger partial charge in [0.15, 0.2) is 0 Å². The smallest absolute Gasteiger partial charge is 0.333 e. The van der Waals surface area contributed by atoms with Crippen LogP contribution in [0.15, 0.2) is 41.1 Å². The van der Waals surface area contributed by atoms with Gasteiger partial charge in [-0.1, -0.05) is 55.2 Å². The van der Waals surface area contributed by atoms with Crippen LogP contribution in [-0.4, -0.2) is 21.2 Å². The number of aryl methyl sites for hydroxylation is 1. The quantitative estimate of drug-likeness (QED) is 0.462. The van der Waals surface area contributed by atoms with Crippen molar-refractivity contribution in [2.75, 3.05) is 7.11 Å². The lowest BCUT2D eigenvalue weighted by Crippen LogP contribution is -2.26. The molecule has 0 heterocycles. The van der Waals surface area contributed by atoms with Gasteiger partial charge in [-0.3, -0.25) is 0 Å². The van der Waals surface area contributed by atoms with Gasteiger partial charge in [0.05, 0.1) is 15.2 Å². The number of carbonyl (C=O) groups excluding carboxylic acids is 1. The topological polar surface area (TPSA) is 26.3 Å². The number of esters is 1. The van der Waals surface area contributed by atoms with Gasteiger partial charge in [-0.25, -0.2) is 4.79 Å². The number of carbonyl (C=O) groups is 1. The molecule has 1 rings (SSSR count). The second-order valence-corrected chi connectivity index (χ2v) is 11.1. The number of allylic oxidation sites excluding steroid dienone is 1. The maximum absolute atomic E-state index is 12.0. The van der Waals surface area contributed by atoms with E-state index in [1.165, 1.54) is 17.9 Å². The normalized spacial score (nSPS) is 12.9. The van der Waals surface area contributed by atoms with Gasteiger partial charge >= 0.3 is 5.97 Å². The molecule has 1 aromatic carbocycles. The molecule has 104 valence electrons. The summed E-state index contributed by atoms with van der Waals surface area (Å²) in [5, 5.41) is 1.25. The van der Waals surface area contributed by atoms with Crippen LogP contribution in [0.25, 0.3) is 0 Å². The van der Waals surface area contributed by atoms with E-state index >= 15 is 0 Å². The van der Waals surface area contributed by atoms with Crippen molar-refractivity contribution in [1.82, 2.24) is 0 Å². The fraction of sp³-hybridized carbons (Fsp3) is 0.438. The maximum atomic E-state index is 12.0. The fourth-order valence-corrected chi connectivity index (χ4v) is 3.06. The summed E-state index contributed by atoms with van der Waals surface area (Å²) in [7, 11) is -0.00146. The van der Waals surface area contributed by atoms with Crippen molar-refractivity contribution in [1.29, 1.82) is 0 Å². The lowest BCUT2D eigenvalue weighted by atomic mass is 10.0. The van der Waals surface area contributed by atoms with Gasteiger partial charge in [-0.15, -0.1) is 0 Å². The lowest BCUT2D eigenvalue weighted by Gasteiger charge is -2.21.